The second-order valence-electron chi connectivity index (χ2n) is 4.97. The van der Waals surface area contributed by atoms with Gasteiger partial charge in [-0.05, 0) is 25.3 Å². The maximum Gasteiger partial charge on any atom is 0.0964 e. The number of ether oxygens (including phenoxy) is 2. The van der Waals surface area contributed by atoms with Gasteiger partial charge in [-0.1, -0.05) is 26.2 Å². The summed E-state index contributed by atoms with van der Waals surface area (Å²) in [7, 11) is 0. The summed E-state index contributed by atoms with van der Waals surface area (Å²) in [4.78, 5) is 0. The van der Waals surface area contributed by atoms with Gasteiger partial charge in [0.15, 0.2) is 0 Å². The molecule has 1 N–H and O–H groups in total. The quantitative estimate of drug-likeness (QED) is 0.796. The Bertz CT molecular complexity index is 168. The fourth-order valence-electron chi connectivity index (χ4n) is 3.04. The van der Waals surface area contributed by atoms with Gasteiger partial charge in [-0.15, -0.1) is 0 Å². The third kappa shape index (κ3) is 3.19. The van der Waals surface area contributed by atoms with Crippen LogP contribution in [-0.2, 0) is 9.47 Å². The van der Waals surface area contributed by atoms with Crippen molar-refractivity contribution in [2.75, 3.05) is 26.4 Å². The van der Waals surface area contributed by atoms with Crippen LogP contribution in [0.3, 0.4) is 0 Å². The third-order valence-corrected chi connectivity index (χ3v) is 3.84. The molecular weight excluding hydrogens is 202 g/mol. The van der Waals surface area contributed by atoms with Crippen molar-refractivity contribution in [3.63, 3.8) is 0 Å². The Labute approximate surface area is 98.9 Å². The molecule has 0 aromatic rings. The predicted molar refractivity (Wildman–Crippen MR) is 64.6 cm³/mol. The van der Waals surface area contributed by atoms with Crippen LogP contribution in [0.4, 0.5) is 0 Å². The third-order valence-electron chi connectivity index (χ3n) is 3.84. The molecule has 0 amide bonds. The van der Waals surface area contributed by atoms with Gasteiger partial charge in [0.2, 0.25) is 0 Å². The minimum absolute atomic E-state index is 0.275. The fourth-order valence-corrected chi connectivity index (χ4v) is 3.04. The van der Waals surface area contributed by atoms with E-state index in [4.69, 9.17) is 9.47 Å². The van der Waals surface area contributed by atoms with Crippen molar-refractivity contribution in [2.45, 2.75) is 51.2 Å². The Kier molecular flexibility index (Phi) is 5.07. The van der Waals surface area contributed by atoms with Crippen molar-refractivity contribution >= 4 is 0 Å². The van der Waals surface area contributed by atoms with Crippen LogP contribution in [0.2, 0.25) is 0 Å². The van der Waals surface area contributed by atoms with Crippen molar-refractivity contribution < 1.29 is 9.47 Å². The molecule has 1 aliphatic carbocycles. The lowest BCUT2D eigenvalue weighted by molar-refractivity contribution is -0.110. The SMILES string of the molecule is CCNC(C1CCCCC1)C1COCCO1. The summed E-state index contributed by atoms with van der Waals surface area (Å²) >= 11 is 0. The second-order valence-corrected chi connectivity index (χ2v) is 4.97. The molecule has 1 saturated carbocycles. The highest BCUT2D eigenvalue weighted by Crippen LogP contribution is 2.29. The summed E-state index contributed by atoms with van der Waals surface area (Å²) in [5, 5.41) is 3.62. The number of hydrogen-bond acceptors (Lipinski definition) is 3. The molecule has 2 fully saturated rings. The number of likely N-dealkylation sites (N-methyl/N-ethyl adjacent to an activating group) is 1. The molecule has 1 heterocycles. The standard InChI is InChI=1S/C13H25NO2/c1-2-14-13(11-6-4-3-5-7-11)12-10-15-8-9-16-12/h11-14H,2-10H2,1H3. The molecular formula is C13H25NO2. The molecule has 94 valence electrons. The highest BCUT2D eigenvalue weighted by atomic mass is 16.6. The first kappa shape index (κ1) is 12.3. The summed E-state index contributed by atoms with van der Waals surface area (Å²) in [6.45, 7) is 5.51. The Balaban J connectivity index is 1.91. The number of rotatable bonds is 4. The van der Waals surface area contributed by atoms with Gasteiger partial charge in [0.1, 0.15) is 0 Å². The lowest BCUT2D eigenvalue weighted by Gasteiger charge is -2.37. The molecule has 2 rings (SSSR count). The minimum Gasteiger partial charge on any atom is -0.376 e. The van der Waals surface area contributed by atoms with Crippen molar-refractivity contribution in [2.24, 2.45) is 5.92 Å². The molecule has 3 heteroatoms. The van der Waals surface area contributed by atoms with Crippen molar-refractivity contribution in [1.82, 2.24) is 5.32 Å². The van der Waals surface area contributed by atoms with Crippen molar-refractivity contribution in [3.05, 3.63) is 0 Å². The van der Waals surface area contributed by atoms with E-state index in [1.54, 1.807) is 0 Å². The van der Waals surface area contributed by atoms with E-state index in [1.807, 2.05) is 0 Å². The van der Waals surface area contributed by atoms with Gasteiger partial charge in [-0.25, -0.2) is 0 Å². The van der Waals surface area contributed by atoms with Crippen molar-refractivity contribution in [3.8, 4) is 0 Å². The Morgan fingerprint density at radius 3 is 2.62 bits per heavy atom. The molecule has 0 radical (unpaired) electrons. The molecule has 2 unspecified atom stereocenters. The molecule has 16 heavy (non-hydrogen) atoms. The topological polar surface area (TPSA) is 30.5 Å². The van der Waals surface area contributed by atoms with E-state index < -0.39 is 0 Å². The molecule has 1 aliphatic heterocycles. The smallest absolute Gasteiger partial charge is 0.0964 e. The van der Waals surface area contributed by atoms with Crippen LogP contribution in [0.15, 0.2) is 0 Å². The van der Waals surface area contributed by atoms with Crippen LogP contribution >= 0.6 is 0 Å². The van der Waals surface area contributed by atoms with Crippen LogP contribution < -0.4 is 5.32 Å². The Hall–Kier alpha value is -0.120. The minimum atomic E-state index is 0.275. The monoisotopic (exact) mass is 227 g/mol. The van der Waals surface area contributed by atoms with Crippen LogP contribution in [0.1, 0.15) is 39.0 Å². The predicted octanol–water partition coefficient (Wildman–Crippen LogP) is 1.96. The maximum atomic E-state index is 5.86. The Morgan fingerprint density at radius 1 is 1.19 bits per heavy atom. The molecule has 2 aliphatic rings. The Morgan fingerprint density at radius 2 is 2.00 bits per heavy atom. The van der Waals surface area contributed by atoms with Crippen LogP contribution in [0.25, 0.3) is 0 Å². The first-order valence-electron chi connectivity index (χ1n) is 6.84. The average molecular weight is 227 g/mol. The van der Waals surface area contributed by atoms with Crippen LogP contribution in [0, 0.1) is 5.92 Å². The van der Waals surface area contributed by atoms with Gasteiger partial charge in [0.25, 0.3) is 0 Å². The van der Waals surface area contributed by atoms with E-state index in [9.17, 15) is 0 Å². The largest absolute Gasteiger partial charge is 0.376 e. The van der Waals surface area contributed by atoms with Gasteiger partial charge in [0, 0.05) is 6.04 Å². The normalized spacial score (nSPS) is 30.2. The van der Waals surface area contributed by atoms with E-state index in [2.05, 4.69) is 12.2 Å². The molecule has 3 nitrogen and oxygen atoms in total. The van der Waals surface area contributed by atoms with Gasteiger partial charge in [-0.2, -0.15) is 0 Å². The summed E-state index contributed by atoms with van der Waals surface area (Å²) in [6, 6.07) is 0.505. The van der Waals surface area contributed by atoms with E-state index in [0.29, 0.717) is 6.04 Å². The van der Waals surface area contributed by atoms with E-state index in [-0.39, 0.29) is 6.10 Å². The summed E-state index contributed by atoms with van der Waals surface area (Å²) < 4.78 is 11.4. The van der Waals surface area contributed by atoms with Crippen molar-refractivity contribution in [1.29, 1.82) is 0 Å². The molecule has 0 aromatic carbocycles. The number of hydrogen-bond donors (Lipinski definition) is 1. The van der Waals surface area contributed by atoms with Gasteiger partial charge in [0.05, 0.1) is 25.9 Å². The van der Waals surface area contributed by atoms with Crippen LogP contribution in [0.5, 0.6) is 0 Å². The van der Waals surface area contributed by atoms with Gasteiger partial charge < -0.3 is 14.8 Å². The van der Waals surface area contributed by atoms with Crippen LogP contribution in [-0.4, -0.2) is 38.5 Å². The lowest BCUT2D eigenvalue weighted by Crippen LogP contribution is -2.51. The number of nitrogens with one attached hydrogen (secondary N) is 1. The maximum absolute atomic E-state index is 5.86. The summed E-state index contributed by atoms with van der Waals surface area (Å²) in [6.07, 6.45) is 7.18. The van der Waals surface area contributed by atoms with E-state index in [0.717, 1.165) is 32.3 Å². The average Bonchev–Trinajstić information content (AvgIpc) is 2.38. The first-order chi connectivity index (χ1) is 7.92. The zero-order valence-corrected chi connectivity index (χ0v) is 10.4. The van der Waals surface area contributed by atoms with Gasteiger partial charge in [-0.3, -0.25) is 0 Å². The molecule has 0 spiro atoms. The van der Waals surface area contributed by atoms with E-state index in [1.165, 1.54) is 32.1 Å². The fraction of sp³-hybridized carbons (Fsp3) is 1.00. The molecule has 0 aromatic heterocycles. The highest BCUT2D eigenvalue weighted by Gasteiger charge is 2.31. The molecule has 2 atom stereocenters. The molecule has 0 bridgehead atoms. The van der Waals surface area contributed by atoms with Gasteiger partial charge >= 0.3 is 0 Å². The molecule has 1 saturated heterocycles. The zero-order chi connectivity index (χ0) is 11.2. The zero-order valence-electron chi connectivity index (χ0n) is 10.4. The van der Waals surface area contributed by atoms with E-state index >= 15 is 0 Å². The summed E-state index contributed by atoms with van der Waals surface area (Å²) in [5.41, 5.74) is 0. The lowest BCUT2D eigenvalue weighted by atomic mass is 9.81. The first-order valence-corrected chi connectivity index (χ1v) is 6.84. The highest BCUT2D eigenvalue weighted by molar-refractivity contribution is 4.86. The second kappa shape index (κ2) is 6.58. The summed E-state index contributed by atoms with van der Waals surface area (Å²) in [5.74, 6) is 0.792.